The highest BCUT2D eigenvalue weighted by Gasteiger charge is 2.13. The van der Waals surface area contributed by atoms with Crippen LogP contribution in [0.5, 0.6) is 5.75 Å². The highest BCUT2D eigenvalue weighted by Crippen LogP contribution is 2.35. The molecule has 0 bridgehead atoms. The minimum absolute atomic E-state index is 0.153. The molecule has 0 spiro atoms. The lowest BCUT2D eigenvalue weighted by atomic mass is 10.00. The Bertz CT molecular complexity index is 1150. The van der Waals surface area contributed by atoms with E-state index in [2.05, 4.69) is 9.97 Å². The molecular weight excluding hydrogens is 367 g/mol. The first-order valence-electron chi connectivity index (χ1n) is 9.05. The summed E-state index contributed by atoms with van der Waals surface area (Å²) >= 11 is 0. The van der Waals surface area contributed by atoms with Crippen LogP contribution in [0.25, 0.3) is 22.4 Å². The molecule has 0 aliphatic rings. The summed E-state index contributed by atoms with van der Waals surface area (Å²) in [5.74, 6) is 0.378. The van der Waals surface area contributed by atoms with E-state index in [0.717, 1.165) is 5.56 Å². The molecule has 4 rings (SSSR count). The zero-order valence-corrected chi connectivity index (χ0v) is 15.5. The van der Waals surface area contributed by atoms with Crippen molar-refractivity contribution in [3.8, 4) is 28.1 Å². The van der Waals surface area contributed by atoms with Gasteiger partial charge < -0.3 is 16.2 Å². The molecule has 0 atom stereocenters. The van der Waals surface area contributed by atoms with Crippen molar-refractivity contribution >= 4 is 11.6 Å². The number of nitrogens with zero attached hydrogens (tertiary/aromatic N) is 2. The lowest BCUT2D eigenvalue weighted by Gasteiger charge is -2.14. The third-order valence-corrected chi connectivity index (χ3v) is 4.47. The smallest absolute Gasteiger partial charge is 0.220 e. The predicted octanol–water partition coefficient (Wildman–Crippen LogP) is 4.69. The molecule has 1 heterocycles. The number of benzene rings is 3. The average Bonchev–Trinajstić information content (AvgIpc) is 2.73. The SMILES string of the molecule is Nc1ccc(-c2ccc(OCc3ccccc3)c(-c3ccnc(N)n3)c2)c(F)c1. The van der Waals surface area contributed by atoms with Gasteiger partial charge in [0.1, 0.15) is 18.2 Å². The van der Waals surface area contributed by atoms with Crippen LogP contribution in [0.1, 0.15) is 5.56 Å². The van der Waals surface area contributed by atoms with Gasteiger partial charge in [0.2, 0.25) is 5.95 Å². The Balaban J connectivity index is 1.76. The Morgan fingerprint density at radius 3 is 2.45 bits per heavy atom. The number of anilines is 2. The van der Waals surface area contributed by atoms with Crippen molar-refractivity contribution in [2.75, 3.05) is 11.5 Å². The molecule has 0 saturated carbocycles. The van der Waals surface area contributed by atoms with E-state index >= 15 is 0 Å². The van der Waals surface area contributed by atoms with Crippen LogP contribution < -0.4 is 16.2 Å². The number of hydrogen-bond acceptors (Lipinski definition) is 5. The van der Waals surface area contributed by atoms with Crippen LogP contribution in [0.2, 0.25) is 0 Å². The summed E-state index contributed by atoms with van der Waals surface area (Å²) in [6, 6.07) is 21.6. The molecule has 0 amide bonds. The van der Waals surface area contributed by atoms with Gasteiger partial charge in [-0.2, -0.15) is 0 Å². The van der Waals surface area contributed by atoms with Crippen molar-refractivity contribution in [2.24, 2.45) is 0 Å². The van der Waals surface area contributed by atoms with Crippen LogP contribution in [0.15, 0.2) is 79.0 Å². The second-order valence-corrected chi connectivity index (χ2v) is 6.52. The second-order valence-electron chi connectivity index (χ2n) is 6.52. The molecule has 5 nitrogen and oxygen atoms in total. The van der Waals surface area contributed by atoms with Crippen LogP contribution >= 0.6 is 0 Å². The van der Waals surface area contributed by atoms with Gasteiger partial charge in [0.05, 0.1) is 5.69 Å². The molecule has 4 aromatic rings. The summed E-state index contributed by atoms with van der Waals surface area (Å²) in [5, 5.41) is 0. The molecule has 3 aromatic carbocycles. The predicted molar refractivity (Wildman–Crippen MR) is 112 cm³/mol. The summed E-state index contributed by atoms with van der Waals surface area (Å²) in [4.78, 5) is 8.25. The van der Waals surface area contributed by atoms with E-state index in [1.807, 2.05) is 48.5 Å². The monoisotopic (exact) mass is 386 g/mol. The van der Waals surface area contributed by atoms with Crippen LogP contribution in [-0.4, -0.2) is 9.97 Å². The molecule has 29 heavy (non-hydrogen) atoms. The fourth-order valence-corrected chi connectivity index (χ4v) is 3.05. The van der Waals surface area contributed by atoms with Crippen molar-refractivity contribution in [1.82, 2.24) is 9.97 Å². The Morgan fingerprint density at radius 1 is 0.862 bits per heavy atom. The van der Waals surface area contributed by atoms with Crippen LogP contribution in [0.4, 0.5) is 16.0 Å². The van der Waals surface area contributed by atoms with Crippen LogP contribution in [0.3, 0.4) is 0 Å². The number of nitrogen functional groups attached to an aromatic ring is 2. The molecule has 144 valence electrons. The minimum Gasteiger partial charge on any atom is -0.488 e. The molecule has 1 aromatic heterocycles. The normalized spacial score (nSPS) is 10.7. The van der Waals surface area contributed by atoms with Gasteiger partial charge in [0, 0.05) is 23.0 Å². The lowest BCUT2D eigenvalue weighted by Crippen LogP contribution is -2.00. The summed E-state index contributed by atoms with van der Waals surface area (Å²) in [6.07, 6.45) is 1.58. The largest absolute Gasteiger partial charge is 0.488 e. The maximum atomic E-state index is 14.4. The third-order valence-electron chi connectivity index (χ3n) is 4.47. The number of hydrogen-bond donors (Lipinski definition) is 2. The molecule has 0 saturated heterocycles. The molecule has 0 unspecified atom stereocenters. The Kier molecular flexibility index (Phi) is 5.07. The van der Waals surface area contributed by atoms with Crippen molar-refractivity contribution in [3.63, 3.8) is 0 Å². The van der Waals surface area contributed by atoms with Gasteiger partial charge >= 0.3 is 0 Å². The van der Waals surface area contributed by atoms with E-state index in [-0.39, 0.29) is 5.95 Å². The number of aromatic nitrogens is 2. The zero-order chi connectivity index (χ0) is 20.2. The van der Waals surface area contributed by atoms with Crippen molar-refractivity contribution in [3.05, 3.63) is 90.4 Å². The summed E-state index contributed by atoms with van der Waals surface area (Å²) in [5.41, 5.74) is 15.3. The highest BCUT2D eigenvalue weighted by atomic mass is 19.1. The molecule has 0 aliphatic carbocycles. The van der Waals surface area contributed by atoms with E-state index < -0.39 is 5.82 Å². The Hall–Kier alpha value is -3.93. The quantitative estimate of drug-likeness (QED) is 0.486. The van der Waals surface area contributed by atoms with Crippen molar-refractivity contribution in [1.29, 1.82) is 0 Å². The maximum Gasteiger partial charge on any atom is 0.220 e. The number of nitrogens with two attached hydrogens (primary N) is 2. The lowest BCUT2D eigenvalue weighted by molar-refractivity contribution is 0.307. The first kappa shape index (κ1) is 18.4. The van der Waals surface area contributed by atoms with Gasteiger partial charge in [-0.05, 0) is 47.5 Å². The van der Waals surface area contributed by atoms with Gasteiger partial charge in [-0.3, -0.25) is 0 Å². The summed E-state index contributed by atoms with van der Waals surface area (Å²) in [7, 11) is 0. The molecular formula is C23H19FN4O. The van der Waals surface area contributed by atoms with Gasteiger partial charge in [0.25, 0.3) is 0 Å². The zero-order valence-electron chi connectivity index (χ0n) is 15.5. The summed E-state index contributed by atoms with van der Waals surface area (Å²) < 4.78 is 20.5. The van der Waals surface area contributed by atoms with Gasteiger partial charge in [0.15, 0.2) is 0 Å². The molecule has 0 fully saturated rings. The van der Waals surface area contributed by atoms with Crippen LogP contribution in [0, 0.1) is 5.82 Å². The van der Waals surface area contributed by atoms with E-state index in [4.69, 9.17) is 16.2 Å². The number of halogens is 1. The third kappa shape index (κ3) is 4.16. The highest BCUT2D eigenvalue weighted by molar-refractivity contribution is 5.77. The minimum atomic E-state index is -0.392. The summed E-state index contributed by atoms with van der Waals surface area (Å²) in [6.45, 7) is 0.393. The molecule has 0 radical (unpaired) electrons. The van der Waals surface area contributed by atoms with E-state index in [9.17, 15) is 4.39 Å². The molecule has 0 aliphatic heterocycles. The van der Waals surface area contributed by atoms with E-state index in [1.54, 1.807) is 24.4 Å². The second kappa shape index (κ2) is 7.98. The average molecular weight is 386 g/mol. The Morgan fingerprint density at radius 2 is 1.69 bits per heavy atom. The van der Waals surface area contributed by atoms with Gasteiger partial charge in [-0.25, -0.2) is 14.4 Å². The van der Waals surface area contributed by atoms with Crippen molar-refractivity contribution < 1.29 is 9.13 Å². The first-order valence-corrected chi connectivity index (χ1v) is 9.05. The number of ether oxygens (including phenoxy) is 1. The first-order chi connectivity index (χ1) is 14.1. The molecule has 6 heteroatoms. The Labute approximate surface area is 167 Å². The van der Waals surface area contributed by atoms with Crippen molar-refractivity contribution in [2.45, 2.75) is 6.61 Å². The van der Waals surface area contributed by atoms with E-state index in [0.29, 0.717) is 40.4 Å². The fourth-order valence-electron chi connectivity index (χ4n) is 3.05. The van der Waals surface area contributed by atoms with Gasteiger partial charge in [-0.15, -0.1) is 0 Å². The van der Waals surface area contributed by atoms with Gasteiger partial charge in [-0.1, -0.05) is 36.4 Å². The standard InChI is InChI=1S/C23H19FN4O/c24-20-13-17(25)7-8-18(20)16-6-9-22(29-14-15-4-2-1-3-5-15)19(12-16)21-10-11-27-23(26)28-21/h1-13H,14,25H2,(H2,26,27,28). The number of rotatable bonds is 5. The van der Waals surface area contributed by atoms with E-state index in [1.165, 1.54) is 6.07 Å². The van der Waals surface area contributed by atoms with Crippen LogP contribution in [-0.2, 0) is 6.61 Å². The fraction of sp³-hybridized carbons (Fsp3) is 0.0435. The molecule has 4 N–H and O–H groups in total. The maximum absolute atomic E-state index is 14.4. The topological polar surface area (TPSA) is 87.0 Å².